The van der Waals surface area contributed by atoms with Crippen LogP contribution in [0.5, 0.6) is 0 Å². The number of hydrogen-bond acceptors (Lipinski definition) is 2. The number of carbonyl (C=O) groups excluding carboxylic acids is 1. The lowest BCUT2D eigenvalue weighted by molar-refractivity contribution is -0.135. The minimum absolute atomic E-state index is 0.0536. The van der Waals surface area contributed by atoms with Gasteiger partial charge >= 0.3 is 0 Å². The van der Waals surface area contributed by atoms with Crippen molar-refractivity contribution in [3.8, 4) is 0 Å². The molecule has 0 saturated heterocycles. The molecule has 0 aliphatic rings. The molecule has 1 amide bonds. The molecule has 0 spiro atoms. The molecule has 0 aliphatic heterocycles. The van der Waals surface area contributed by atoms with Gasteiger partial charge in [0.2, 0.25) is 5.91 Å². The van der Waals surface area contributed by atoms with Crippen LogP contribution in [-0.2, 0) is 4.79 Å². The summed E-state index contributed by atoms with van der Waals surface area (Å²) in [5, 5.41) is 9.35. The maximum absolute atomic E-state index is 13.0. The van der Waals surface area contributed by atoms with E-state index < -0.39 is 0 Å². The first kappa shape index (κ1) is 43.4. The summed E-state index contributed by atoms with van der Waals surface area (Å²) in [4.78, 5) is 15.2. The van der Waals surface area contributed by atoms with E-state index in [1.807, 2.05) is 6.92 Å². The normalized spacial score (nSPS) is 12.2. The quantitative estimate of drug-likeness (QED) is 0.0701. The first-order valence-corrected chi connectivity index (χ1v) is 20.6. The summed E-state index contributed by atoms with van der Waals surface area (Å²) < 4.78 is 0. The van der Waals surface area contributed by atoms with Crippen LogP contribution in [0.25, 0.3) is 0 Å². The van der Waals surface area contributed by atoms with E-state index >= 15 is 0 Å². The van der Waals surface area contributed by atoms with Crippen LogP contribution in [0.2, 0.25) is 0 Å². The second kappa shape index (κ2) is 36.9. The van der Waals surface area contributed by atoms with E-state index in [4.69, 9.17) is 0 Å². The summed E-state index contributed by atoms with van der Waals surface area (Å²) in [6.45, 7) is 8.51. The highest BCUT2D eigenvalue weighted by Gasteiger charge is 2.19. The Hall–Kier alpha value is -0.570. The zero-order valence-corrected chi connectivity index (χ0v) is 30.8. The third-order valence-corrected chi connectivity index (χ3v) is 9.86. The molecule has 0 rings (SSSR count). The predicted molar refractivity (Wildman–Crippen MR) is 197 cm³/mol. The average Bonchev–Trinajstić information content (AvgIpc) is 3.03. The summed E-state index contributed by atoms with van der Waals surface area (Å²) >= 11 is 0. The predicted octanol–water partition coefficient (Wildman–Crippen LogP) is 13.4. The van der Waals surface area contributed by atoms with Gasteiger partial charge in [0.1, 0.15) is 0 Å². The SMILES string of the molecule is CCCCCCCCCCCCCCCCCCN(CCCCCCCCCCCCCCCCCC)C(=O)C(C)CCO. The molecule has 0 heterocycles. The molecule has 1 unspecified atom stereocenters. The summed E-state index contributed by atoms with van der Waals surface area (Å²) in [6, 6.07) is 0. The second-order valence-electron chi connectivity index (χ2n) is 14.3. The van der Waals surface area contributed by atoms with Crippen molar-refractivity contribution >= 4 is 5.91 Å². The number of nitrogens with zero attached hydrogens (tertiary/aromatic N) is 1. The molecule has 0 aromatic rings. The van der Waals surface area contributed by atoms with E-state index in [2.05, 4.69) is 18.7 Å². The van der Waals surface area contributed by atoms with Crippen molar-refractivity contribution in [1.29, 1.82) is 0 Å². The van der Waals surface area contributed by atoms with Crippen LogP contribution in [-0.4, -0.2) is 35.6 Å². The minimum atomic E-state index is -0.0536. The molecule has 0 aliphatic carbocycles. The highest BCUT2D eigenvalue weighted by molar-refractivity contribution is 5.78. The van der Waals surface area contributed by atoms with Gasteiger partial charge in [-0.05, 0) is 19.3 Å². The Morgan fingerprint density at radius 1 is 0.432 bits per heavy atom. The van der Waals surface area contributed by atoms with E-state index in [1.54, 1.807) is 0 Å². The molecule has 3 heteroatoms. The van der Waals surface area contributed by atoms with Crippen LogP contribution in [0.4, 0.5) is 0 Å². The number of hydrogen-bond donors (Lipinski definition) is 1. The molecular weight excluding hydrogens is 538 g/mol. The molecule has 0 fully saturated rings. The highest BCUT2D eigenvalue weighted by atomic mass is 16.3. The number of aliphatic hydroxyl groups is 1. The Bertz CT molecular complexity index is 515. The van der Waals surface area contributed by atoms with Crippen LogP contribution >= 0.6 is 0 Å². The monoisotopic (exact) mass is 622 g/mol. The van der Waals surface area contributed by atoms with Gasteiger partial charge < -0.3 is 10.0 Å². The number of amides is 1. The molecule has 1 N–H and O–H groups in total. The first-order chi connectivity index (χ1) is 21.7. The van der Waals surface area contributed by atoms with Crippen LogP contribution in [0.3, 0.4) is 0 Å². The molecule has 0 aromatic carbocycles. The maximum atomic E-state index is 13.0. The number of carbonyl (C=O) groups is 1. The van der Waals surface area contributed by atoms with Crippen molar-refractivity contribution in [1.82, 2.24) is 4.90 Å². The molecule has 0 bridgehead atoms. The second-order valence-corrected chi connectivity index (χ2v) is 14.3. The fraction of sp³-hybridized carbons (Fsp3) is 0.976. The topological polar surface area (TPSA) is 40.5 Å². The zero-order chi connectivity index (χ0) is 32.2. The van der Waals surface area contributed by atoms with Gasteiger partial charge in [0, 0.05) is 25.6 Å². The summed E-state index contributed by atoms with van der Waals surface area (Å²) in [7, 11) is 0. The molecule has 0 radical (unpaired) electrons. The van der Waals surface area contributed by atoms with E-state index in [0.29, 0.717) is 6.42 Å². The zero-order valence-electron chi connectivity index (χ0n) is 30.8. The largest absolute Gasteiger partial charge is 0.396 e. The Balaban J connectivity index is 3.77. The van der Waals surface area contributed by atoms with Crippen LogP contribution in [0, 0.1) is 5.92 Å². The molecule has 1 atom stereocenters. The van der Waals surface area contributed by atoms with Crippen molar-refractivity contribution < 1.29 is 9.90 Å². The standard InChI is InChI=1S/C41H83NO2/c1-4-6-8-10-12-14-16-18-20-22-24-26-28-30-32-34-37-42(41(44)40(3)36-39-43)38-35-33-31-29-27-25-23-21-19-17-15-13-11-9-7-5-2/h40,43H,4-39H2,1-3H3. The fourth-order valence-corrected chi connectivity index (χ4v) is 6.66. The van der Waals surface area contributed by atoms with Gasteiger partial charge in [0.05, 0.1) is 0 Å². The smallest absolute Gasteiger partial charge is 0.225 e. The van der Waals surface area contributed by atoms with Gasteiger partial charge in [-0.25, -0.2) is 0 Å². The average molecular weight is 622 g/mol. The van der Waals surface area contributed by atoms with Crippen LogP contribution in [0.1, 0.15) is 233 Å². The van der Waals surface area contributed by atoms with Crippen molar-refractivity contribution in [2.75, 3.05) is 19.7 Å². The van der Waals surface area contributed by atoms with E-state index in [0.717, 1.165) is 25.9 Å². The van der Waals surface area contributed by atoms with Crippen LogP contribution < -0.4 is 0 Å². The van der Waals surface area contributed by atoms with Crippen molar-refractivity contribution in [2.45, 2.75) is 233 Å². The van der Waals surface area contributed by atoms with Crippen molar-refractivity contribution in [2.24, 2.45) is 5.92 Å². The maximum Gasteiger partial charge on any atom is 0.225 e. The Morgan fingerprint density at radius 3 is 0.886 bits per heavy atom. The minimum Gasteiger partial charge on any atom is -0.396 e. The Kier molecular flexibility index (Phi) is 36.4. The first-order valence-electron chi connectivity index (χ1n) is 20.6. The Labute approximate surface area is 278 Å². The van der Waals surface area contributed by atoms with Gasteiger partial charge in [-0.1, -0.05) is 213 Å². The molecule has 0 aromatic heterocycles. The summed E-state index contributed by atoms with van der Waals surface area (Å²) in [5.41, 5.74) is 0. The van der Waals surface area contributed by atoms with E-state index in [1.165, 1.54) is 193 Å². The Morgan fingerprint density at radius 2 is 0.659 bits per heavy atom. The van der Waals surface area contributed by atoms with Crippen molar-refractivity contribution in [3.05, 3.63) is 0 Å². The summed E-state index contributed by atoms with van der Waals surface area (Å²) in [6.07, 6.45) is 44.8. The van der Waals surface area contributed by atoms with Gasteiger partial charge in [-0.2, -0.15) is 0 Å². The van der Waals surface area contributed by atoms with Gasteiger partial charge in [-0.3, -0.25) is 4.79 Å². The number of rotatable bonds is 37. The molecular formula is C41H83NO2. The van der Waals surface area contributed by atoms with E-state index in [-0.39, 0.29) is 18.4 Å². The lowest BCUT2D eigenvalue weighted by Crippen LogP contribution is -2.37. The number of aliphatic hydroxyl groups excluding tert-OH is 1. The molecule has 0 saturated carbocycles. The highest BCUT2D eigenvalue weighted by Crippen LogP contribution is 2.17. The third-order valence-electron chi connectivity index (χ3n) is 9.86. The number of unbranched alkanes of at least 4 members (excludes halogenated alkanes) is 30. The molecule has 44 heavy (non-hydrogen) atoms. The van der Waals surface area contributed by atoms with Gasteiger partial charge in [-0.15, -0.1) is 0 Å². The van der Waals surface area contributed by atoms with Gasteiger partial charge in [0.25, 0.3) is 0 Å². The fourth-order valence-electron chi connectivity index (χ4n) is 6.66. The lowest BCUT2D eigenvalue weighted by Gasteiger charge is -2.26. The van der Waals surface area contributed by atoms with Crippen molar-refractivity contribution in [3.63, 3.8) is 0 Å². The lowest BCUT2D eigenvalue weighted by atomic mass is 10.0. The summed E-state index contributed by atoms with van der Waals surface area (Å²) in [5.74, 6) is 0.211. The molecule has 3 nitrogen and oxygen atoms in total. The van der Waals surface area contributed by atoms with Gasteiger partial charge in [0.15, 0.2) is 0 Å². The van der Waals surface area contributed by atoms with E-state index in [9.17, 15) is 9.90 Å². The third kappa shape index (κ3) is 31.4. The van der Waals surface area contributed by atoms with Crippen LogP contribution in [0.15, 0.2) is 0 Å². The molecule has 264 valence electrons.